The predicted molar refractivity (Wildman–Crippen MR) is 76.3 cm³/mol. The number of rotatable bonds is 5. The molecule has 2 rings (SSSR count). The van der Waals surface area contributed by atoms with E-state index in [1.807, 2.05) is 6.92 Å². The summed E-state index contributed by atoms with van der Waals surface area (Å²) in [5.41, 5.74) is 6.19. The molecule has 5 nitrogen and oxygen atoms in total. The topological polar surface area (TPSA) is 73.3 Å². The highest BCUT2D eigenvalue weighted by molar-refractivity contribution is 7.98. The highest BCUT2D eigenvalue weighted by Crippen LogP contribution is 2.19. The van der Waals surface area contributed by atoms with E-state index in [9.17, 15) is 4.79 Å². The van der Waals surface area contributed by atoms with Crippen molar-refractivity contribution in [2.24, 2.45) is 11.7 Å². The summed E-state index contributed by atoms with van der Waals surface area (Å²) in [5, 5.41) is 5.21. The fourth-order valence-corrected chi connectivity index (χ4v) is 3.55. The second kappa shape index (κ2) is 5.81. The van der Waals surface area contributed by atoms with Crippen LogP contribution in [-0.2, 0) is 5.75 Å². The standard InChI is InChI=1S/C11H16N4OS2/c1-7(4-12)5-17-6-9-14-15-10(16)3-8(2)13-11(15)18-9/h3,7H,4-6,12H2,1-2H3. The number of thioether (sulfide) groups is 1. The zero-order chi connectivity index (χ0) is 13.1. The molecular weight excluding hydrogens is 268 g/mol. The van der Waals surface area contributed by atoms with Gasteiger partial charge in [0.15, 0.2) is 0 Å². The molecular formula is C11H16N4OS2. The van der Waals surface area contributed by atoms with Gasteiger partial charge in [-0.3, -0.25) is 4.79 Å². The van der Waals surface area contributed by atoms with Crippen LogP contribution in [0.4, 0.5) is 0 Å². The molecule has 0 aliphatic carbocycles. The lowest BCUT2D eigenvalue weighted by atomic mass is 10.2. The Labute approximate surface area is 113 Å². The van der Waals surface area contributed by atoms with Gasteiger partial charge < -0.3 is 5.73 Å². The molecule has 98 valence electrons. The summed E-state index contributed by atoms with van der Waals surface area (Å²) in [6.45, 7) is 4.65. The Bertz CT molecular complexity index is 592. The SMILES string of the molecule is Cc1cc(=O)n2nc(CSCC(C)CN)sc2n1. The van der Waals surface area contributed by atoms with E-state index >= 15 is 0 Å². The third-order valence-corrected chi connectivity index (χ3v) is 4.82. The van der Waals surface area contributed by atoms with E-state index in [2.05, 4.69) is 17.0 Å². The first-order valence-electron chi connectivity index (χ1n) is 5.74. The highest BCUT2D eigenvalue weighted by Gasteiger charge is 2.08. The van der Waals surface area contributed by atoms with Gasteiger partial charge >= 0.3 is 0 Å². The summed E-state index contributed by atoms with van der Waals surface area (Å²) >= 11 is 3.26. The van der Waals surface area contributed by atoms with E-state index in [0.717, 1.165) is 22.2 Å². The molecule has 0 aliphatic rings. The first kappa shape index (κ1) is 13.5. The van der Waals surface area contributed by atoms with Crippen molar-refractivity contribution in [1.82, 2.24) is 14.6 Å². The summed E-state index contributed by atoms with van der Waals surface area (Å²) < 4.78 is 1.37. The smallest absolute Gasteiger partial charge is 0.275 e. The van der Waals surface area contributed by atoms with Crippen molar-refractivity contribution in [3.63, 3.8) is 0 Å². The minimum absolute atomic E-state index is 0.111. The number of hydrogen-bond acceptors (Lipinski definition) is 6. The van der Waals surface area contributed by atoms with Gasteiger partial charge in [0.2, 0.25) is 4.96 Å². The molecule has 2 heterocycles. The molecule has 0 saturated carbocycles. The fourth-order valence-electron chi connectivity index (χ4n) is 1.43. The van der Waals surface area contributed by atoms with Crippen LogP contribution in [0.15, 0.2) is 10.9 Å². The van der Waals surface area contributed by atoms with Crippen LogP contribution in [0, 0.1) is 12.8 Å². The average molecular weight is 284 g/mol. The molecule has 0 bridgehead atoms. The number of nitrogens with zero attached hydrogens (tertiary/aromatic N) is 3. The lowest BCUT2D eigenvalue weighted by Gasteiger charge is -2.05. The van der Waals surface area contributed by atoms with Crippen molar-refractivity contribution in [2.75, 3.05) is 12.3 Å². The maximum Gasteiger partial charge on any atom is 0.275 e. The van der Waals surface area contributed by atoms with Gasteiger partial charge in [-0.25, -0.2) is 4.98 Å². The van der Waals surface area contributed by atoms with E-state index < -0.39 is 0 Å². The van der Waals surface area contributed by atoms with Crippen molar-refractivity contribution in [2.45, 2.75) is 19.6 Å². The molecule has 0 amide bonds. The maximum absolute atomic E-state index is 11.7. The monoisotopic (exact) mass is 284 g/mol. The number of nitrogens with two attached hydrogens (primary N) is 1. The van der Waals surface area contributed by atoms with Gasteiger partial charge in [0.25, 0.3) is 5.56 Å². The predicted octanol–water partition coefficient (Wildman–Crippen LogP) is 1.29. The first-order chi connectivity index (χ1) is 8.60. The van der Waals surface area contributed by atoms with Crippen LogP contribution in [0.1, 0.15) is 17.6 Å². The third kappa shape index (κ3) is 3.09. The normalized spacial score (nSPS) is 13.1. The van der Waals surface area contributed by atoms with Crippen LogP contribution in [-0.4, -0.2) is 26.9 Å². The quantitative estimate of drug-likeness (QED) is 0.895. The van der Waals surface area contributed by atoms with Gasteiger partial charge in [-0.1, -0.05) is 18.3 Å². The van der Waals surface area contributed by atoms with Gasteiger partial charge in [-0.2, -0.15) is 21.4 Å². The molecule has 1 atom stereocenters. The van der Waals surface area contributed by atoms with Crippen molar-refractivity contribution in [3.8, 4) is 0 Å². The van der Waals surface area contributed by atoms with Crippen LogP contribution < -0.4 is 11.3 Å². The van der Waals surface area contributed by atoms with Gasteiger partial charge in [0, 0.05) is 17.5 Å². The molecule has 0 spiro atoms. The second-order valence-electron chi connectivity index (χ2n) is 4.28. The third-order valence-electron chi connectivity index (χ3n) is 2.45. The average Bonchev–Trinajstić information content (AvgIpc) is 2.72. The number of fused-ring (bicyclic) bond motifs is 1. The largest absolute Gasteiger partial charge is 0.330 e. The van der Waals surface area contributed by atoms with Crippen molar-refractivity contribution in [3.05, 3.63) is 27.1 Å². The molecule has 1 unspecified atom stereocenters. The Morgan fingerprint density at radius 2 is 2.39 bits per heavy atom. The highest BCUT2D eigenvalue weighted by atomic mass is 32.2. The van der Waals surface area contributed by atoms with E-state index in [4.69, 9.17) is 5.73 Å². The molecule has 2 N–H and O–H groups in total. The molecule has 2 aromatic rings. The van der Waals surface area contributed by atoms with E-state index in [1.165, 1.54) is 21.9 Å². The lowest BCUT2D eigenvalue weighted by molar-refractivity contribution is 0.675. The molecule has 0 radical (unpaired) electrons. The van der Waals surface area contributed by atoms with Gasteiger partial charge in [-0.15, -0.1) is 0 Å². The van der Waals surface area contributed by atoms with Crippen molar-refractivity contribution >= 4 is 28.1 Å². The van der Waals surface area contributed by atoms with Crippen molar-refractivity contribution in [1.29, 1.82) is 0 Å². The van der Waals surface area contributed by atoms with Gasteiger partial charge in [0.05, 0.1) is 0 Å². The number of hydrogen-bond donors (Lipinski definition) is 1. The molecule has 2 aromatic heterocycles. The van der Waals surface area contributed by atoms with Crippen LogP contribution in [0.25, 0.3) is 4.96 Å². The van der Waals surface area contributed by atoms with Crippen LogP contribution in [0.5, 0.6) is 0 Å². The zero-order valence-corrected chi connectivity index (χ0v) is 12.1. The zero-order valence-electron chi connectivity index (χ0n) is 10.4. The maximum atomic E-state index is 11.7. The molecule has 18 heavy (non-hydrogen) atoms. The Morgan fingerprint density at radius 1 is 1.61 bits per heavy atom. The minimum Gasteiger partial charge on any atom is -0.330 e. The van der Waals surface area contributed by atoms with Crippen molar-refractivity contribution < 1.29 is 0 Å². The number of aromatic nitrogens is 3. The Balaban J connectivity index is 2.11. The Hall–Kier alpha value is -0.920. The van der Waals surface area contributed by atoms with E-state index in [1.54, 1.807) is 11.8 Å². The summed E-state index contributed by atoms with van der Waals surface area (Å²) in [5.74, 6) is 2.32. The first-order valence-corrected chi connectivity index (χ1v) is 7.71. The molecule has 0 aromatic carbocycles. The van der Waals surface area contributed by atoms with Crippen LogP contribution in [0.3, 0.4) is 0 Å². The summed E-state index contributed by atoms with van der Waals surface area (Å²) in [7, 11) is 0. The second-order valence-corrected chi connectivity index (χ2v) is 6.35. The molecule has 0 saturated heterocycles. The summed E-state index contributed by atoms with van der Waals surface area (Å²) in [4.78, 5) is 16.7. The molecule has 7 heteroatoms. The molecule has 0 fully saturated rings. The molecule has 0 aliphatic heterocycles. The Morgan fingerprint density at radius 3 is 3.11 bits per heavy atom. The van der Waals surface area contributed by atoms with E-state index in [-0.39, 0.29) is 5.56 Å². The summed E-state index contributed by atoms with van der Waals surface area (Å²) in [6, 6.07) is 1.50. The lowest BCUT2D eigenvalue weighted by Crippen LogP contribution is -2.14. The van der Waals surface area contributed by atoms with Gasteiger partial charge in [-0.05, 0) is 25.1 Å². The van der Waals surface area contributed by atoms with Crippen LogP contribution >= 0.6 is 23.1 Å². The fraction of sp³-hybridized carbons (Fsp3) is 0.545. The van der Waals surface area contributed by atoms with Crippen LogP contribution in [0.2, 0.25) is 0 Å². The van der Waals surface area contributed by atoms with Gasteiger partial charge in [0.1, 0.15) is 5.01 Å². The Kier molecular flexibility index (Phi) is 4.36. The van der Waals surface area contributed by atoms with E-state index in [0.29, 0.717) is 17.4 Å². The summed E-state index contributed by atoms with van der Waals surface area (Å²) in [6.07, 6.45) is 0. The minimum atomic E-state index is -0.111. The number of aryl methyl sites for hydroxylation is 1.